The van der Waals surface area contributed by atoms with Crippen LogP contribution in [0, 0.1) is 0 Å². The summed E-state index contributed by atoms with van der Waals surface area (Å²) in [7, 11) is 0. The molecule has 0 atom stereocenters. The molecule has 0 bridgehead atoms. The van der Waals surface area contributed by atoms with Gasteiger partial charge in [-0.3, -0.25) is 20.4 Å². The molecule has 8 nitrogen and oxygen atoms in total. The van der Waals surface area contributed by atoms with Gasteiger partial charge < -0.3 is 9.47 Å². The highest BCUT2D eigenvalue weighted by atomic mass is 16.5. The fraction of sp³-hybridized carbons (Fsp3) is 0.0714. The number of carbonyl (C=O) groups is 2. The molecule has 8 heteroatoms. The fourth-order valence-corrected chi connectivity index (χ4v) is 3.64. The SMILES string of the molecule is NNC(=O)c1ccc(-c2ccc(C(=O)NN)c(OCc3ccccc3)c2)cc1OCc1ccccc1. The molecule has 0 spiro atoms. The van der Waals surface area contributed by atoms with Crippen LogP contribution in [-0.4, -0.2) is 11.8 Å². The molecule has 0 saturated heterocycles. The Kier molecular flexibility index (Phi) is 7.92. The minimum Gasteiger partial charge on any atom is -0.488 e. The molecule has 0 saturated carbocycles. The number of ether oxygens (including phenoxy) is 2. The third kappa shape index (κ3) is 5.87. The molecule has 2 amide bonds. The second kappa shape index (κ2) is 11.7. The summed E-state index contributed by atoms with van der Waals surface area (Å²) in [6.45, 7) is 0.548. The molecule has 0 heterocycles. The number of hydrogen-bond donors (Lipinski definition) is 4. The van der Waals surface area contributed by atoms with Crippen LogP contribution in [0.25, 0.3) is 11.1 Å². The molecule has 0 radical (unpaired) electrons. The van der Waals surface area contributed by atoms with Crippen LogP contribution in [0.15, 0.2) is 97.1 Å². The molecule has 182 valence electrons. The van der Waals surface area contributed by atoms with Crippen molar-refractivity contribution in [1.29, 1.82) is 0 Å². The normalized spacial score (nSPS) is 10.4. The number of rotatable bonds is 9. The Balaban J connectivity index is 1.67. The molecule has 0 fully saturated rings. The highest BCUT2D eigenvalue weighted by Crippen LogP contribution is 2.32. The van der Waals surface area contributed by atoms with Crippen LogP contribution in [0.5, 0.6) is 11.5 Å². The van der Waals surface area contributed by atoms with Crippen molar-refractivity contribution in [2.24, 2.45) is 11.7 Å². The standard InChI is InChI=1S/C28H26N4O4/c29-31-27(33)23-13-11-21(15-25(23)35-17-19-7-3-1-4-8-19)22-12-14-24(28(34)32-30)26(16-22)36-18-20-9-5-2-6-10-20/h1-16H,17-18,29-30H2,(H,31,33)(H,32,34). The molecular formula is C28H26N4O4. The lowest BCUT2D eigenvalue weighted by atomic mass is 10.0. The lowest BCUT2D eigenvalue weighted by Crippen LogP contribution is -2.30. The van der Waals surface area contributed by atoms with Gasteiger partial charge in [-0.05, 0) is 46.5 Å². The summed E-state index contributed by atoms with van der Waals surface area (Å²) >= 11 is 0. The number of nitrogen functional groups attached to an aromatic ring is 2. The van der Waals surface area contributed by atoms with Gasteiger partial charge in [-0.15, -0.1) is 0 Å². The zero-order chi connectivity index (χ0) is 25.3. The molecule has 6 N–H and O–H groups in total. The maximum atomic E-state index is 12.3. The molecule has 4 rings (SSSR count). The van der Waals surface area contributed by atoms with Gasteiger partial charge in [0.2, 0.25) is 0 Å². The summed E-state index contributed by atoms with van der Waals surface area (Å²) in [5.74, 6) is 10.5. The molecule has 0 unspecified atom stereocenters. The highest BCUT2D eigenvalue weighted by Gasteiger charge is 2.17. The van der Waals surface area contributed by atoms with E-state index >= 15 is 0 Å². The van der Waals surface area contributed by atoms with Crippen LogP contribution in [-0.2, 0) is 13.2 Å². The molecular weight excluding hydrogens is 456 g/mol. The predicted octanol–water partition coefficient (Wildman–Crippen LogP) is 3.72. The van der Waals surface area contributed by atoms with E-state index in [0.29, 0.717) is 22.6 Å². The first-order valence-electron chi connectivity index (χ1n) is 11.2. The van der Waals surface area contributed by atoms with Gasteiger partial charge in [-0.2, -0.15) is 0 Å². The Hall–Kier alpha value is -4.66. The quantitative estimate of drug-likeness (QED) is 0.164. The first-order valence-corrected chi connectivity index (χ1v) is 11.2. The van der Waals surface area contributed by atoms with E-state index in [1.54, 1.807) is 36.4 Å². The summed E-state index contributed by atoms with van der Waals surface area (Å²) in [5, 5.41) is 0. The first kappa shape index (κ1) is 24.5. The second-order valence-corrected chi connectivity index (χ2v) is 7.92. The Morgan fingerprint density at radius 2 is 0.972 bits per heavy atom. The number of nitrogens with one attached hydrogen (secondary N) is 2. The van der Waals surface area contributed by atoms with E-state index in [4.69, 9.17) is 21.2 Å². The lowest BCUT2D eigenvalue weighted by Gasteiger charge is -2.15. The summed E-state index contributed by atoms with van der Waals surface area (Å²) < 4.78 is 12.0. The second-order valence-electron chi connectivity index (χ2n) is 7.92. The molecule has 4 aromatic carbocycles. The Morgan fingerprint density at radius 1 is 0.583 bits per heavy atom. The van der Waals surface area contributed by atoms with Crippen molar-refractivity contribution < 1.29 is 19.1 Å². The molecule has 0 aliphatic carbocycles. The first-order chi connectivity index (χ1) is 17.6. The van der Waals surface area contributed by atoms with Crippen molar-refractivity contribution >= 4 is 11.8 Å². The van der Waals surface area contributed by atoms with Crippen LogP contribution in [0.3, 0.4) is 0 Å². The van der Waals surface area contributed by atoms with Crippen molar-refractivity contribution in [2.45, 2.75) is 13.2 Å². The third-order valence-corrected chi connectivity index (χ3v) is 5.52. The summed E-state index contributed by atoms with van der Waals surface area (Å²) in [6.07, 6.45) is 0. The van der Waals surface area contributed by atoms with Gasteiger partial charge in [0.1, 0.15) is 24.7 Å². The van der Waals surface area contributed by atoms with Gasteiger partial charge in [-0.25, -0.2) is 11.7 Å². The maximum Gasteiger partial charge on any atom is 0.268 e. The number of nitrogens with two attached hydrogens (primary N) is 2. The van der Waals surface area contributed by atoms with Gasteiger partial charge in [0.15, 0.2) is 0 Å². The van der Waals surface area contributed by atoms with Gasteiger partial charge >= 0.3 is 0 Å². The lowest BCUT2D eigenvalue weighted by molar-refractivity contribution is 0.0941. The average Bonchev–Trinajstić information content (AvgIpc) is 2.95. The minimum absolute atomic E-state index is 0.274. The van der Waals surface area contributed by atoms with E-state index in [9.17, 15) is 9.59 Å². The Bertz CT molecular complexity index is 1240. The molecule has 0 aliphatic heterocycles. The van der Waals surface area contributed by atoms with Crippen LogP contribution >= 0.6 is 0 Å². The van der Waals surface area contributed by atoms with Gasteiger partial charge in [0.25, 0.3) is 11.8 Å². The topological polar surface area (TPSA) is 129 Å². The fourth-order valence-electron chi connectivity index (χ4n) is 3.64. The zero-order valence-corrected chi connectivity index (χ0v) is 19.4. The van der Waals surface area contributed by atoms with Crippen molar-refractivity contribution in [3.05, 3.63) is 119 Å². The number of amides is 2. The smallest absolute Gasteiger partial charge is 0.268 e. The van der Waals surface area contributed by atoms with E-state index in [1.165, 1.54) is 0 Å². The average molecular weight is 483 g/mol. The summed E-state index contributed by atoms with van der Waals surface area (Å²) in [4.78, 5) is 24.7. The number of hydrazine groups is 2. The van der Waals surface area contributed by atoms with Gasteiger partial charge in [0.05, 0.1) is 11.1 Å². The van der Waals surface area contributed by atoms with Gasteiger partial charge in [-0.1, -0.05) is 72.8 Å². The van der Waals surface area contributed by atoms with E-state index in [2.05, 4.69) is 10.9 Å². The monoisotopic (exact) mass is 482 g/mol. The Labute approximate surface area is 208 Å². The molecule has 4 aromatic rings. The van der Waals surface area contributed by atoms with Crippen LogP contribution in [0.1, 0.15) is 31.8 Å². The van der Waals surface area contributed by atoms with Crippen LogP contribution in [0.4, 0.5) is 0 Å². The largest absolute Gasteiger partial charge is 0.488 e. The number of carbonyl (C=O) groups excluding carboxylic acids is 2. The summed E-state index contributed by atoms with van der Waals surface area (Å²) in [5.41, 5.74) is 8.34. The van der Waals surface area contributed by atoms with Crippen molar-refractivity contribution in [2.75, 3.05) is 0 Å². The van der Waals surface area contributed by atoms with E-state index < -0.39 is 11.8 Å². The van der Waals surface area contributed by atoms with Crippen molar-refractivity contribution in [3.63, 3.8) is 0 Å². The predicted molar refractivity (Wildman–Crippen MR) is 137 cm³/mol. The summed E-state index contributed by atoms with van der Waals surface area (Å²) in [6, 6.07) is 29.6. The number of hydrogen-bond acceptors (Lipinski definition) is 6. The number of benzene rings is 4. The van der Waals surface area contributed by atoms with Crippen LogP contribution < -0.4 is 32.0 Å². The van der Waals surface area contributed by atoms with Crippen LogP contribution in [0.2, 0.25) is 0 Å². The van der Waals surface area contributed by atoms with E-state index in [0.717, 1.165) is 22.3 Å². The molecule has 0 aliphatic rings. The highest BCUT2D eigenvalue weighted by molar-refractivity contribution is 5.98. The molecule has 36 heavy (non-hydrogen) atoms. The van der Waals surface area contributed by atoms with Gasteiger partial charge in [0, 0.05) is 0 Å². The van der Waals surface area contributed by atoms with E-state index in [1.807, 2.05) is 60.7 Å². The molecule has 0 aromatic heterocycles. The zero-order valence-electron chi connectivity index (χ0n) is 19.4. The minimum atomic E-state index is -0.466. The van der Waals surface area contributed by atoms with Crippen molar-refractivity contribution in [1.82, 2.24) is 10.9 Å². The maximum absolute atomic E-state index is 12.3. The van der Waals surface area contributed by atoms with Crippen molar-refractivity contribution in [3.8, 4) is 22.6 Å². The Morgan fingerprint density at radius 3 is 1.33 bits per heavy atom. The third-order valence-electron chi connectivity index (χ3n) is 5.52. The van der Waals surface area contributed by atoms with E-state index in [-0.39, 0.29) is 13.2 Å².